The summed E-state index contributed by atoms with van der Waals surface area (Å²) in [7, 11) is 0. The molecule has 4 nitrogen and oxygen atoms in total. The van der Waals surface area contributed by atoms with Crippen molar-refractivity contribution in [1.82, 2.24) is 5.32 Å². The normalized spacial score (nSPS) is 11.2. The third-order valence-corrected chi connectivity index (χ3v) is 2.13. The predicted molar refractivity (Wildman–Crippen MR) is 66.7 cm³/mol. The summed E-state index contributed by atoms with van der Waals surface area (Å²) in [5.41, 5.74) is 0.349. The van der Waals surface area contributed by atoms with Crippen LogP contribution >= 0.6 is 0 Å². The molecular weight excluding hydrogens is 218 g/mol. The molecule has 0 unspecified atom stereocenters. The molecule has 0 aliphatic heterocycles. The van der Waals surface area contributed by atoms with Gasteiger partial charge in [-0.3, -0.25) is 0 Å². The highest BCUT2D eigenvalue weighted by Gasteiger charge is 2.07. The first kappa shape index (κ1) is 13.5. The molecule has 0 amide bonds. The summed E-state index contributed by atoms with van der Waals surface area (Å²) in [6.07, 6.45) is 0. The summed E-state index contributed by atoms with van der Waals surface area (Å²) in [5, 5.41) is 12.0. The van der Waals surface area contributed by atoms with Gasteiger partial charge in [-0.15, -0.1) is 0 Å². The lowest BCUT2D eigenvalue weighted by Crippen LogP contribution is -2.38. The Hall–Kier alpha value is -1.55. The van der Waals surface area contributed by atoms with Gasteiger partial charge in [0.05, 0.1) is 5.56 Å². The summed E-state index contributed by atoms with van der Waals surface area (Å²) in [4.78, 5) is 10.6. The van der Waals surface area contributed by atoms with Crippen LogP contribution in [0.2, 0.25) is 0 Å². The second-order valence-electron chi connectivity index (χ2n) is 4.85. The van der Waals surface area contributed by atoms with Crippen LogP contribution in [-0.4, -0.2) is 29.8 Å². The number of carboxylic acids is 1. The molecule has 0 aromatic heterocycles. The van der Waals surface area contributed by atoms with Crippen molar-refractivity contribution in [2.45, 2.75) is 26.3 Å². The van der Waals surface area contributed by atoms with E-state index in [1.54, 1.807) is 12.1 Å². The van der Waals surface area contributed by atoms with E-state index < -0.39 is 5.97 Å². The van der Waals surface area contributed by atoms with Gasteiger partial charge in [-0.1, -0.05) is 0 Å². The highest BCUT2D eigenvalue weighted by Crippen LogP contribution is 2.11. The van der Waals surface area contributed by atoms with E-state index in [0.29, 0.717) is 12.4 Å². The van der Waals surface area contributed by atoms with Gasteiger partial charge in [0.15, 0.2) is 0 Å². The Kier molecular flexibility index (Phi) is 4.52. The molecule has 0 spiro atoms. The van der Waals surface area contributed by atoms with Crippen molar-refractivity contribution in [1.29, 1.82) is 0 Å². The molecule has 0 bridgehead atoms. The van der Waals surface area contributed by atoms with E-state index in [0.717, 1.165) is 6.54 Å². The monoisotopic (exact) mass is 237 g/mol. The number of carbonyl (C=O) groups is 1. The van der Waals surface area contributed by atoms with Crippen molar-refractivity contribution in [3.05, 3.63) is 29.8 Å². The van der Waals surface area contributed by atoms with Gasteiger partial charge < -0.3 is 15.2 Å². The summed E-state index contributed by atoms with van der Waals surface area (Å²) >= 11 is 0. The molecule has 1 aromatic rings. The second-order valence-corrected chi connectivity index (χ2v) is 4.85. The first-order valence-corrected chi connectivity index (χ1v) is 5.60. The molecule has 1 rings (SSSR count). The van der Waals surface area contributed by atoms with Gasteiger partial charge in [0, 0.05) is 12.1 Å². The quantitative estimate of drug-likeness (QED) is 0.770. The average molecular weight is 237 g/mol. The molecule has 0 fully saturated rings. The van der Waals surface area contributed by atoms with Crippen molar-refractivity contribution in [2.24, 2.45) is 0 Å². The number of nitrogens with one attached hydrogen (secondary N) is 1. The topological polar surface area (TPSA) is 58.6 Å². The minimum absolute atomic E-state index is 0.0799. The van der Waals surface area contributed by atoms with Gasteiger partial charge >= 0.3 is 5.97 Å². The Morgan fingerprint density at radius 1 is 1.29 bits per heavy atom. The average Bonchev–Trinajstić information content (AvgIpc) is 2.24. The molecule has 0 saturated heterocycles. The zero-order valence-electron chi connectivity index (χ0n) is 10.5. The van der Waals surface area contributed by atoms with E-state index >= 15 is 0 Å². The molecule has 0 saturated carbocycles. The highest BCUT2D eigenvalue weighted by atomic mass is 16.5. The lowest BCUT2D eigenvalue weighted by molar-refractivity contribution is 0.0697. The number of hydrogen-bond acceptors (Lipinski definition) is 3. The fourth-order valence-corrected chi connectivity index (χ4v) is 1.29. The zero-order chi connectivity index (χ0) is 12.9. The van der Waals surface area contributed by atoms with Crippen LogP contribution in [0.5, 0.6) is 5.75 Å². The molecule has 0 aliphatic carbocycles. The summed E-state index contributed by atoms with van der Waals surface area (Å²) in [6.45, 7) is 7.59. The third kappa shape index (κ3) is 5.36. The fraction of sp³-hybridized carbons (Fsp3) is 0.462. The predicted octanol–water partition coefficient (Wildman–Crippen LogP) is 2.15. The largest absolute Gasteiger partial charge is 0.492 e. The highest BCUT2D eigenvalue weighted by molar-refractivity contribution is 5.87. The van der Waals surface area contributed by atoms with Crippen molar-refractivity contribution in [3.63, 3.8) is 0 Å². The smallest absolute Gasteiger partial charge is 0.335 e. The zero-order valence-corrected chi connectivity index (χ0v) is 10.5. The summed E-state index contributed by atoms with van der Waals surface area (Å²) < 4.78 is 5.48. The van der Waals surface area contributed by atoms with Crippen LogP contribution in [0.1, 0.15) is 31.1 Å². The number of ether oxygens (including phenoxy) is 1. The van der Waals surface area contributed by atoms with Crippen LogP contribution in [0, 0.1) is 0 Å². The summed E-state index contributed by atoms with van der Waals surface area (Å²) in [5.74, 6) is -0.239. The van der Waals surface area contributed by atoms with Crippen LogP contribution in [0.3, 0.4) is 0 Å². The van der Waals surface area contributed by atoms with Crippen molar-refractivity contribution in [2.75, 3.05) is 13.2 Å². The molecule has 94 valence electrons. The molecule has 1 aromatic carbocycles. The molecular formula is C13H19NO3. The second kappa shape index (κ2) is 5.68. The fourth-order valence-electron chi connectivity index (χ4n) is 1.29. The Morgan fingerprint density at radius 2 is 1.88 bits per heavy atom. The van der Waals surface area contributed by atoms with Crippen molar-refractivity contribution >= 4 is 5.97 Å². The van der Waals surface area contributed by atoms with Crippen molar-refractivity contribution in [3.8, 4) is 5.75 Å². The first-order chi connectivity index (χ1) is 7.88. The van der Waals surface area contributed by atoms with Gasteiger partial charge in [-0.2, -0.15) is 0 Å². The van der Waals surface area contributed by atoms with Gasteiger partial charge in [0.2, 0.25) is 0 Å². The number of benzene rings is 1. The molecule has 2 N–H and O–H groups in total. The van der Waals surface area contributed by atoms with Crippen LogP contribution in [-0.2, 0) is 0 Å². The van der Waals surface area contributed by atoms with Gasteiger partial charge in [0.1, 0.15) is 12.4 Å². The van der Waals surface area contributed by atoms with Gasteiger partial charge in [0.25, 0.3) is 0 Å². The SMILES string of the molecule is CC(C)(C)NCCOc1ccc(C(=O)O)cc1. The first-order valence-electron chi connectivity index (χ1n) is 5.60. The Bertz CT molecular complexity index is 365. The summed E-state index contributed by atoms with van der Waals surface area (Å²) in [6, 6.07) is 6.41. The number of hydrogen-bond donors (Lipinski definition) is 2. The van der Waals surface area contributed by atoms with Gasteiger partial charge in [-0.05, 0) is 45.0 Å². The molecule has 0 atom stereocenters. The molecule has 0 radical (unpaired) electrons. The van der Waals surface area contributed by atoms with E-state index in [2.05, 4.69) is 26.1 Å². The van der Waals surface area contributed by atoms with Crippen LogP contribution in [0.4, 0.5) is 0 Å². The Morgan fingerprint density at radius 3 is 2.35 bits per heavy atom. The maximum absolute atomic E-state index is 10.6. The standard InChI is InChI=1S/C13H19NO3/c1-13(2,3)14-8-9-17-11-6-4-10(5-7-11)12(15)16/h4-7,14H,8-9H2,1-3H3,(H,15,16). The minimum Gasteiger partial charge on any atom is -0.492 e. The number of rotatable bonds is 5. The van der Waals surface area contributed by atoms with E-state index in [-0.39, 0.29) is 11.1 Å². The molecule has 4 heteroatoms. The Labute approximate surface area is 102 Å². The van der Waals surface area contributed by atoms with Crippen LogP contribution < -0.4 is 10.1 Å². The maximum atomic E-state index is 10.6. The minimum atomic E-state index is -0.925. The Balaban J connectivity index is 2.35. The molecule has 0 heterocycles. The van der Waals surface area contributed by atoms with E-state index in [9.17, 15) is 4.79 Å². The van der Waals surface area contributed by atoms with E-state index in [4.69, 9.17) is 9.84 Å². The molecule has 0 aliphatic rings. The van der Waals surface area contributed by atoms with Crippen molar-refractivity contribution < 1.29 is 14.6 Å². The van der Waals surface area contributed by atoms with E-state index in [1.807, 2.05) is 0 Å². The lowest BCUT2D eigenvalue weighted by Gasteiger charge is -2.20. The third-order valence-electron chi connectivity index (χ3n) is 2.13. The molecule has 17 heavy (non-hydrogen) atoms. The van der Waals surface area contributed by atoms with Crippen LogP contribution in [0.25, 0.3) is 0 Å². The lowest BCUT2D eigenvalue weighted by atomic mass is 10.1. The van der Waals surface area contributed by atoms with E-state index in [1.165, 1.54) is 12.1 Å². The number of aromatic carboxylic acids is 1. The van der Waals surface area contributed by atoms with Crippen LogP contribution in [0.15, 0.2) is 24.3 Å². The number of carboxylic acid groups (broad SMARTS) is 1. The maximum Gasteiger partial charge on any atom is 0.335 e. The van der Waals surface area contributed by atoms with Gasteiger partial charge in [-0.25, -0.2) is 4.79 Å².